The van der Waals surface area contributed by atoms with Crippen molar-refractivity contribution in [1.29, 1.82) is 0 Å². The van der Waals surface area contributed by atoms with Gasteiger partial charge < -0.3 is 20.3 Å². The zero-order chi connectivity index (χ0) is 18.1. The van der Waals surface area contributed by atoms with Crippen molar-refractivity contribution in [3.05, 3.63) is 50.2 Å². The van der Waals surface area contributed by atoms with Gasteiger partial charge in [0, 0.05) is 32.3 Å². The summed E-state index contributed by atoms with van der Waals surface area (Å²) in [7, 11) is 5.08. The van der Waals surface area contributed by atoms with Crippen LogP contribution in [-0.4, -0.2) is 44.0 Å². The van der Waals surface area contributed by atoms with E-state index in [1.165, 1.54) is 0 Å². The van der Waals surface area contributed by atoms with E-state index >= 15 is 0 Å². The Labute approximate surface area is 163 Å². The van der Waals surface area contributed by atoms with Crippen molar-refractivity contribution >= 4 is 43.7 Å². The Balaban J connectivity index is 2.03. The number of nitrogens with zero attached hydrogens (tertiary/aromatic N) is 2. The topological polar surface area (TPSA) is 66.0 Å². The molecule has 0 bridgehead atoms. The van der Waals surface area contributed by atoms with E-state index in [0.717, 1.165) is 26.0 Å². The summed E-state index contributed by atoms with van der Waals surface area (Å²) in [5.41, 5.74) is 2.54. The Morgan fingerprint density at radius 1 is 1.32 bits per heavy atom. The number of hydrogen-bond acceptors (Lipinski definition) is 3. The monoisotopic (exact) mass is 468 g/mol. The zero-order valence-corrected chi connectivity index (χ0v) is 17.2. The SMILES string of the molecule is CN=C1NC2=C(Cc3cc(Br)c(OC)c(Br)c3)C(=O)N(C)C=CC2N1. The molecule has 2 aliphatic heterocycles. The third-order valence-corrected chi connectivity index (χ3v) is 5.31. The quantitative estimate of drug-likeness (QED) is 0.713. The Morgan fingerprint density at radius 3 is 2.60 bits per heavy atom. The minimum absolute atomic E-state index is 0.0385. The summed E-state index contributed by atoms with van der Waals surface area (Å²) in [6.07, 6.45) is 4.22. The molecule has 1 unspecified atom stereocenters. The molecular formula is C17H18Br2N4O2. The van der Waals surface area contributed by atoms with E-state index in [1.54, 1.807) is 32.3 Å². The summed E-state index contributed by atoms with van der Waals surface area (Å²) >= 11 is 7.03. The molecule has 0 spiro atoms. The fraction of sp³-hybridized carbons (Fsp3) is 0.294. The summed E-state index contributed by atoms with van der Waals surface area (Å²) in [6.45, 7) is 0. The number of hydrogen-bond donors (Lipinski definition) is 2. The normalized spacial score (nSPS) is 21.2. The maximum absolute atomic E-state index is 12.8. The van der Waals surface area contributed by atoms with Crippen LogP contribution in [0.2, 0.25) is 0 Å². The van der Waals surface area contributed by atoms with Crippen molar-refractivity contribution in [2.75, 3.05) is 21.2 Å². The van der Waals surface area contributed by atoms with Crippen molar-refractivity contribution < 1.29 is 9.53 Å². The van der Waals surface area contributed by atoms with Gasteiger partial charge in [-0.2, -0.15) is 0 Å². The first-order chi connectivity index (χ1) is 11.9. The number of halogens is 2. The summed E-state index contributed by atoms with van der Waals surface area (Å²) in [5, 5.41) is 6.48. The number of methoxy groups -OCH3 is 1. The van der Waals surface area contributed by atoms with Crippen LogP contribution in [0, 0.1) is 0 Å². The van der Waals surface area contributed by atoms with E-state index in [-0.39, 0.29) is 11.9 Å². The second-order valence-corrected chi connectivity index (χ2v) is 7.45. The van der Waals surface area contributed by atoms with Gasteiger partial charge in [0.2, 0.25) is 0 Å². The lowest BCUT2D eigenvalue weighted by Crippen LogP contribution is -2.28. The second-order valence-electron chi connectivity index (χ2n) is 5.74. The molecular weight excluding hydrogens is 452 g/mol. The first kappa shape index (κ1) is 18.0. The highest BCUT2D eigenvalue weighted by Crippen LogP contribution is 2.35. The van der Waals surface area contributed by atoms with Crippen LogP contribution in [0.25, 0.3) is 0 Å². The molecule has 1 saturated heterocycles. The lowest BCUT2D eigenvalue weighted by atomic mass is 10.00. The minimum Gasteiger partial charge on any atom is -0.494 e. The number of fused-ring (bicyclic) bond motifs is 1. The van der Waals surface area contributed by atoms with Crippen LogP contribution in [0.4, 0.5) is 0 Å². The fourth-order valence-electron chi connectivity index (χ4n) is 2.88. The van der Waals surface area contributed by atoms with Gasteiger partial charge >= 0.3 is 0 Å². The average molecular weight is 470 g/mol. The number of likely N-dealkylation sites (N-methyl/N-ethyl adjacent to an activating group) is 1. The third kappa shape index (κ3) is 3.46. The van der Waals surface area contributed by atoms with Gasteiger partial charge in [-0.15, -0.1) is 0 Å². The lowest BCUT2D eigenvalue weighted by Gasteiger charge is -2.16. The Bertz CT molecular complexity index is 794. The number of nitrogens with one attached hydrogen (secondary N) is 2. The van der Waals surface area contributed by atoms with Gasteiger partial charge in [0.25, 0.3) is 5.91 Å². The van der Waals surface area contributed by atoms with Gasteiger partial charge in [0.15, 0.2) is 5.96 Å². The van der Waals surface area contributed by atoms with Crippen LogP contribution in [0.15, 0.2) is 49.6 Å². The first-order valence-corrected chi connectivity index (χ1v) is 9.24. The van der Waals surface area contributed by atoms with Crippen LogP contribution >= 0.6 is 31.9 Å². The highest BCUT2D eigenvalue weighted by atomic mass is 79.9. The number of ether oxygens (including phenoxy) is 1. The standard InChI is InChI=1S/C17H18Br2N4O2/c1-20-17-21-13-4-5-23(2)16(24)10(14(13)22-17)6-9-7-11(18)15(25-3)12(19)8-9/h4-5,7-8,13H,6H2,1-3H3,(H2,20,21,22). The van der Waals surface area contributed by atoms with E-state index in [1.807, 2.05) is 18.2 Å². The summed E-state index contributed by atoms with van der Waals surface area (Å²) < 4.78 is 7.02. The highest BCUT2D eigenvalue weighted by Gasteiger charge is 2.31. The molecule has 1 fully saturated rings. The van der Waals surface area contributed by atoms with Crippen LogP contribution in [0.5, 0.6) is 5.75 Å². The van der Waals surface area contributed by atoms with E-state index in [9.17, 15) is 4.79 Å². The fourth-order valence-corrected chi connectivity index (χ4v) is 4.49. The molecule has 6 nitrogen and oxygen atoms in total. The van der Waals surface area contributed by atoms with Gasteiger partial charge in [0.05, 0.1) is 27.8 Å². The van der Waals surface area contributed by atoms with E-state index in [4.69, 9.17) is 4.74 Å². The molecule has 2 heterocycles. The molecule has 2 aliphatic rings. The molecule has 8 heteroatoms. The maximum Gasteiger partial charge on any atom is 0.255 e. The summed E-state index contributed by atoms with van der Waals surface area (Å²) in [6, 6.07) is 3.84. The number of benzene rings is 1. The number of aliphatic imine (C=N–C) groups is 1. The average Bonchev–Trinajstić information content (AvgIpc) is 2.95. The Morgan fingerprint density at radius 2 is 2.00 bits per heavy atom. The van der Waals surface area contributed by atoms with Crippen molar-refractivity contribution in [3.8, 4) is 5.75 Å². The molecule has 1 aromatic carbocycles. The van der Waals surface area contributed by atoms with Crippen molar-refractivity contribution in [2.24, 2.45) is 4.99 Å². The van der Waals surface area contributed by atoms with Gasteiger partial charge in [-0.3, -0.25) is 9.79 Å². The molecule has 0 aliphatic carbocycles. The van der Waals surface area contributed by atoms with Crippen molar-refractivity contribution in [3.63, 3.8) is 0 Å². The molecule has 0 radical (unpaired) electrons. The number of amides is 1. The summed E-state index contributed by atoms with van der Waals surface area (Å²) in [5.74, 6) is 1.35. The van der Waals surface area contributed by atoms with E-state index < -0.39 is 0 Å². The maximum atomic E-state index is 12.8. The predicted molar refractivity (Wildman–Crippen MR) is 104 cm³/mol. The zero-order valence-electron chi connectivity index (χ0n) is 14.1. The smallest absolute Gasteiger partial charge is 0.255 e. The van der Waals surface area contributed by atoms with Gasteiger partial charge in [-0.05, 0) is 55.6 Å². The third-order valence-electron chi connectivity index (χ3n) is 4.13. The number of carbonyl (C=O) groups excluding carboxylic acids is 1. The van der Waals surface area contributed by atoms with Crippen molar-refractivity contribution in [1.82, 2.24) is 15.5 Å². The van der Waals surface area contributed by atoms with E-state index in [0.29, 0.717) is 18.0 Å². The van der Waals surface area contributed by atoms with Crippen LogP contribution < -0.4 is 15.4 Å². The molecule has 3 rings (SSSR count). The minimum atomic E-state index is -0.0901. The Hall–Kier alpha value is -1.80. The largest absolute Gasteiger partial charge is 0.494 e. The number of guanidine groups is 1. The molecule has 25 heavy (non-hydrogen) atoms. The van der Waals surface area contributed by atoms with Gasteiger partial charge in [0.1, 0.15) is 5.75 Å². The number of rotatable bonds is 3. The lowest BCUT2D eigenvalue weighted by molar-refractivity contribution is -0.123. The molecule has 1 amide bonds. The molecule has 132 valence electrons. The highest BCUT2D eigenvalue weighted by molar-refractivity contribution is 9.11. The van der Waals surface area contributed by atoms with Crippen molar-refractivity contribution in [2.45, 2.75) is 12.5 Å². The predicted octanol–water partition coefficient (Wildman–Crippen LogP) is 2.55. The van der Waals surface area contributed by atoms with E-state index in [2.05, 4.69) is 47.5 Å². The van der Waals surface area contributed by atoms with Crippen LogP contribution in [0.1, 0.15) is 5.56 Å². The van der Waals surface area contributed by atoms with Crippen LogP contribution in [-0.2, 0) is 11.2 Å². The van der Waals surface area contributed by atoms with Gasteiger partial charge in [-0.25, -0.2) is 0 Å². The molecule has 2 N–H and O–H groups in total. The van der Waals surface area contributed by atoms with Gasteiger partial charge in [-0.1, -0.05) is 0 Å². The molecule has 1 atom stereocenters. The summed E-state index contributed by atoms with van der Waals surface area (Å²) in [4.78, 5) is 18.6. The second kappa shape index (κ2) is 7.21. The molecule has 0 aromatic heterocycles. The number of carbonyl (C=O) groups is 1. The molecule has 1 aromatic rings. The van der Waals surface area contributed by atoms with Crippen LogP contribution in [0.3, 0.4) is 0 Å². The molecule has 0 saturated carbocycles. The first-order valence-electron chi connectivity index (χ1n) is 7.65. The Kier molecular flexibility index (Phi) is 5.19.